The zero-order chi connectivity index (χ0) is 21.0. The van der Waals surface area contributed by atoms with Gasteiger partial charge in [0.25, 0.3) is 5.91 Å². The van der Waals surface area contributed by atoms with Crippen LogP contribution >= 0.6 is 0 Å². The monoisotopic (exact) mass is 401 g/mol. The summed E-state index contributed by atoms with van der Waals surface area (Å²) in [6.45, 7) is 1.67. The standard InChI is InChI=1S/C21H18F3N3O2/c1-13-16(21(22,23)24)6-4-8-17(13)27-20(29)15-5-2-3-7-18(15)25-11-14-9-10-19(28)26-12-14/h2-10,12,25H,11H2,1H3,(H,26,28)(H,27,29). The first-order valence-corrected chi connectivity index (χ1v) is 8.74. The third-order valence-electron chi connectivity index (χ3n) is 4.39. The Morgan fingerprint density at radius 3 is 2.41 bits per heavy atom. The van der Waals surface area contributed by atoms with Gasteiger partial charge >= 0.3 is 6.18 Å². The van der Waals surface area contributed by atoms with Crippen LogP contribution in [0.2, 0.25) is 0 Å². The molecule has 0 bridgehead atoms. The molecule has 1 amide bonds. The summed E-state index contributed by atoms with van der Waals surface area (Å²) in [4.78, 5) is 26.4. The summed E-state index contributed by atoms with van der Waals surface area (Å²) >= 11 is 0. The van der Waals surface area contributed by atoms with Gasteiger partial charge in [0, 0.05) is 30.2 Å². The molecule has 0 fully saturated rings. The highest BCUT2D eigenvalue weighted by molar-refractivity contribution is 6.08. The molecular formula is C21H18F3N3O2. The highest BCUT2D eigenvalue weighted by Crippen LogP contribution is 2.34. The molecule has 0 aliphatic carbocycles. The van der Waals surface area contributed by atoms with Crippen LogP contribution in [-0.4, -0.2) is 10.9 Å². The molecule has 0 saturated heterocycles. The van der Waals surface area contributed by atoms with Crippen LogP contribution < -0.4 is 16.2 Å². The summed E-state index contributed by atoms with van der Waals surface area (Å²) in [7, 11) is 0. The average molecular weight is 401 g/mol. The summed E-state index contributed by atoms with van der Waals surface area (Å²) in [6, 6.07) is 13.4. The lowest BCUT2D eigenvalue weighted by atomic mass is 10.1. The zero-order valence-corrected chi connectivity index (χ0v) is 15.4. The number of para-hydroxylation sites is 1. The SMILES string of the molecule is Cc1c(NC(=O)c2ccccc2NCc2ccc(=O)[nH]c2)cccc1C(F)(F)F. The molecule has 3 aromatic rings. The van der Waals surface area contributed by atoms with Crippen molar-refractivity contribution in [2.24, 2.45) is 0 Å². The number of alkyl halides is 3. The Morgan fingerprint density at radius 2 is 1.72 bits per heavy atom. The lowest BCUT2D eigenvalue weighted by Gasteiger charge is -2.16. The van der Waals surface area contributed by atoms with Gasteiger partial charge in [0.1, 0.15) is 0 Å². The molecule has 8 heteroatoms. The van der Waals surface area contributed by atoms with Crippen molar-refractivity contribution in [1.29, 1.82) is 0 Å². The Hall–Kier alpha value is -3.55. The molecule has 0 radical (unpaired) electrons. The van der Waals surface area contributed by atoms with Gasteiger partial charge in [0.05, 0.1) is 11.1 Å². The molecule has 150 valence electrons. The van der Waals surface area contributed by atoms with Gasteiger partial charge in [-0.3, -0.25) is 9.59 Å². The molecule has 0 unspecified atom stereocenters. The first-order chi connectivity index (χ1) is 13.8. The van der Waals surface area contributed by atoms with Gasteiger partial charge in [-0.05, 0) is 42.3 Å². The Bertz CT molecular complexity index is 1070. The second-order valence-corrected chi connectivity index (χ2v) is 6.39. The molecule has 1 aromatic heterocycles. The summed E-state index contributed by atoms with van der Waals surface area (Å²) < 4.78 is 39.3. The number of H-pyrrole nitrogens is 1. The smallest absolute Gasteiger partial charge is 0.380 e. The van der Waals surface area contributed by atoms with E-state index < -0.39 is 17.6 Å². The van der Waals surface area contributed by atoms with E-state index in [1.807, 2.05) is 0 Å². The predicted octanol–water partition coefficient (Wildman–Crippen LogP) is 4.57. The molecule has 1 heterocycles. The summed E-state index contributed by atoms with van der Waals surface area (Å²) in [6.07, 6.45) is -2.94. The minimum atomic E-state index is -4.50. The molecule has 3 rings (SSSR count). The summed E-state index contributed by atoms with van der Waals surface area (Å²) in [5.74, 6) is -0.531. The number of carbonyl (C=O) groups excluding carboxylic acids is 1. The maximum atomic E-state index is 13.1. The molecule has 5 nitrogen and oxygen atoms in total. The highest BCUT2D eigenvalue weighted by atomic mass is 19.4. The van der Waals surface area contributed by atoms with Gasteiger partial charge in [-0.2, -0.15) is 13.2 Å². The molecule has 0 atom stereocenters. The zero-order valence-electron chi connectivity index (χ0n) is 15.4. The minimum absolute atomic E-state index is 0.0490. The number of amides is 1. The van der Waals surface area contributed by atoms with E-state index in [1.54, 1.807) is 36.5 Å². The van der Waals surface area contributed by atoms with Gasteiger partial charge in [0.2, 0.25) is 5.56 Å². The lowest BCUT2D eigenvalue weighted by Crippen LogP contribution is -2.17. The van der Waals surface area contributed by atoms with E-state index in [4.69, 9.17) is 0 Å². The number of anilines is 2. The number of hydrogen-bond acceptors (Lipinski definition) is 3. The highest BCUT2D eigenvalue weighted by Gasteiger charge is 2.33. The van der Waals surface area contributed by atoms with Crippen LogP contribution in [0.25, 0.3) is 0 Å². The summed E-state index contributed by atoms with van der Waals surface area (Å²) in [5.41, 5.74) is 0.639. The Balaban J connectivity index is 1.80. The number of halogens is 3. The number of aromatic amines is 1. The first kappa shape index (κ1) is 20.2. The lowest BCUT2D eigenvalue weighted by molar-refractivity contribution is -0.138. The number of pyridine rings is 1. The minimum Gasteiger partial charge on any atom is -0.380 e. The van der Waals surface area contributed by atoms with E-state index >= 15 is 0 Å². The van der Waals surface area contributed by atoms with Gasteiger partial charge < -0.3 is 15.6 Å². The van der Waals surface area contributed by atoms with Crippen molar-refractivity contribution in [3.05, 3.63) is 93.4 Å². The number of rotatable bonds is 5. The number of carbonyl (C=O) groups is 1. The molecule has 0 saturated carbocycles. The molecular weight excluding hydrogens is 383 g/mol. The maximum Gasteiger partial charge on any atom is 0.416 e. The van der Waals surface area contributed by atoms with E-state index in [-0.39, 0.29) is 22.4 Å². The van der Waals surface area contributed by atoms with Crippen molar-refractivity contribution in [3.63, 3.8) is 0 Å². The third-order valence-corrected chi connectivity index (χ3v) is 4.39. The van der Waals surface area contributed by atoms with E-state index in [1.165, 1.54) is 25.1 Å². The normalized spacial score (nSPS) is 11.2. The van der Waals surface area contributed by atoms with Crippen LogP contribution in [0.4, 0.5) is 24.5 Å². The Morgan fingerprint density at radius 1 is 1.00 bits per heavy atom. The van der Waals surface area contributed by atoms with Crippen molar-refractivity contribution in [2.45, 2.75) is 19.6 Å². The molecule has 0 aliphatic heterocycles. The van der Waals surface area contributed by atoms with Crippen LogP contribution in [0, 0.1) is 6.92 Å². The second-order valence-electron chi connectivity index (χ2n) is 6.39. The fourth-order valence-electron chi connectivity index (χ4n) is 2.85. The van der Waals surface area contributed by atoms with E-state index in [0.717, 1.165) is 11.6 Å². The van der Waals surface area contributed by atoms with Crippen molar-refractivity contribution < 1.29 is 18.0 Å². The average Bonchev–Trinajstić information content (AvgIpc) is 2.68. The predicted molar refractivity (Wildman–Crippen MR) is 105 cm³/mol. The fraction of sp³-hybridized carbons (Fsp3) is 0.143. The largest absolute Gasteiger partial charge is 0.416 e. The summed E-state index contributed by atoms with van der Waals surface area (Å²) in [5, 5.41) is 5.66. The van der Waals surface area contributed by atoms with E-state index in [9.17, 15) is 22.8 Å². The Kier molecular flexibility index (Phi) is 5.72. The fourth-order valence-corrected chi connectivity index (χ4v) is 2.85. The van der Waals surface area contributed by atoms with Gasteiger partial charge in [-0.15, -0.1) is 0 Å². The van der Waals surface area contributed by atoms with E-state index in [0.29, 0.717) is 12.2 Å². The third kappa shape index (κ3) is 4.84. The van der Waals surface area contributed by atoms with Crippen LogP contribution in [0.1, 0.15) is 27.0 Å². The topological polar surface area (TPSA) is 74.0 Å². The number of aromatic nitrogens is 1. The van der Waals surface area contributed by atoms with Crippen molar-refractivity contribution in [2.75, 3.05) is 10.6 Å². The maximum absolute atomic E-state index is 13.1. The second kappa shape index (κ2) is 8.22. The van der Waals surface area contributed by atoms with Crippen LogP contribution in [-0.2, 0) is 12.7 Å². The first-order valence-electron chi connectivity index (χ1n) is 8.74. The Labute approximate surface area is 164 Å². The molecule has 0 aliphatic rings. The van der Waals surface area contributed by atoms with Gasteiger partial charge in [-0.1, -0.05) is 24.3 Å². The molecule has 2 aromatic carbocycles. The van der Waals surface area contributed by atoms with Crippen molar-refractivity contribution in [1.82, 2.24) is 4.98 Å². The quantitative estimate of drug-likeness (QED) is 0.587. The van der Waals surface area contributed by atoms with Crippen molar-refractivity contribution in [3.8, 4) is 0 Å². The number of benzene rings is 2. The van der Waals surface area contributed by atoms with Crippen LogP contribution in [0.15, 0.2) is 65.6 Å². The molecule has 0 spiro atoms. The molecule has 29 heavy (non-hydrogen) atoms. The number of hydrogen-bond donors (Lipinski definition) is 3. The number of nitrogens with one attached hydrogen (secondary N) is 3. The van der Waals surface area contributed by atoms with Crippen LogP contribution in [0.5, 0.6) is 0 Å². The van der Waals surface area contributed by atoms with E-state index in [2.05, 4.69) is 15.6 Å². The molecule has 3 N–H and O–H groups in total. The van der Waals surface area contributed by atoms with Crippen molar-refractivity contribution >= 4 is 17.3 Å². The van der Waals surface area contributed by atoms with Gasteiger partial charge in [0.15, 0.2) is 0 Å². The van der Waals surface area contributed by atoms with Crippen LogP contribution in [0.3, 0.4) is 0 Å². The van der Waals surface area contributed by atoms with Gasteiger partial charge in [-0.25, -0.2) is 0 Å².